The molecule has 0 saturated carbocycles. The van der Waals surface area contributed by atoms with Gasteiger partial charge in [-0.2, -0.15) is 0 Å². The van der Waals surface area contributed by atoms with E-state index in [-0.39, 0.29) is 5.78 Å². The Morgan fingerprint density at radius 3 is 2.57 bits per heavy atom. The summed E-state index contributed by atoms with van der Waals surface area (Å²) in [5.74, 6) is -1.37. The van der Waals surface area contributed by atoms with Crippen molar-refractivity contribution in [3.8, 4) is 0 Å². The molecule has 28 heavy (non-hydrogen) atoms. The third kappa shape index (κ3) is 4.65. The molecule has 0 bridgehead atoms. The van der Waals surface area contributed by atoms with Crippen molar-refractivity contribution in [2.24, 2.45) is 0 Å². The van der Waals surface area contributed by atoms with E-state index in [1.807, 2.05) is 24.3 Å². The number of thiophene rings is 1. The number of carbonyl (C=O) groups is 3. The predicted molar refractivity (Wildman–Crippen MR) is 112 cm³/mol. The highest BCUT2D eigenvalue weighted by molar-refractivity contribution is 7.20. The number of ether oxygens (including phenoxy) is 1. The molecule has 5 nitrogen and oxygen atoms in total. The van der Waals surface area contributed by atoms with Crippen molar-refractivity contribution in [2.75, 3.05) is 11.9 Å². The molecule has 0 fully saturated rings. The van der Waals surface area contributed by atoms with Gasteiger partial charge in [0.1, 0.15) is 0 Å². The summed E-state index contributed by atoms with van der Waals surface area (Å²) in [6.45, 7) is 0.949. The van der Waals surface area contributed by atoms with Crippen LogP contribution in [0.2, 0.25) is 5.02 Å². The maximum atomic E-state index is 12.0. The quantitative estimate of drug-likeness (QED) is 0.352. The molecule has 3 rings (SSSR count). The van der Waals surface area contributed by atoms with Crippen molar-refractivity contribution in [3.05, 3.63) is 70.1 Å². The number of hydrogen-bond donors (Lipinski definition) is 1. The Balaban J connectivity index is 1.58. The minimum absolute atomic E-state index is 0.170. The molecule has 0 aliphatic heterocycles. The number of ketones is 1. The summed E-state index contributed by atoms with van der Waals surface area (Å²) < 4.78 is 5.97. The highest BCUT2D eigenvalue weighted by Crippen LogP contribution is 2.35. The summed E-state index contributed by atoms with van der Waals surface area (Å²) in [7, 11) is 0. The number of carbonyl (C=O) groups excluding carboxylic acids is 3. The zero-order chi connectivity index (χ0) is 20.1. The number of hydrogen-bond acceptors (Lipinski definition) is 5. The van der Waals surface area contributed by atoms with Crippen LogP contribution in [0.15, 0.2) is 54.6 Å². The Bertz CT molecular complexity index is 1090. The standard InChI is InChI=1S/C21H16ClNO4S/c1-13(24)14-6-2-4-8-16(14)23-19(25)12-27-20(26)11-10-18-21(22)15-7-3-5-9-17(15)28-18/h2-11H,12H2,1H3,(H,23,25)/b11-10+. The molecule has 3 aromatic rings. The van der Waals surface area contributed by atoms with Crippen LogP contribution in [-0.2, 0) is 14.3 Å². The Morgan fingerprint density at radius 2 is 1.82 bits per heavy atom. The molecule has 0 unspecified atom stereocenters. The van der Waals surface area contributed by atoms with Crippen LogP contribution in [0.3, 0.4) is 0 Å². The normalized spacial score (nSPS) is 10.9. The van der Waals surface area contributed by atoms with Crippen LogP contribution in [0.1, 0.15) is 22.2 Å². The van der Waals surface area contributed by atoms with Crippen LogP contribution in [-0.4, -0.2) is 24.3 Å². The number of para-hydroxylation sites is 1. The second kappa shape index (κ2) is 8.82. The van der Waals surface area contributed by atoms with E-state index in [1.54, 1.807) is 30.3 Å². The summed E-state index contributed by atoms with van der Waals surface area (Å²) in [6, 6.07) is 14.3. The van der Waals surface area contributed by atoms with Crippen LogP contribution < -0.4 is 5.32 Å². The molecule has 0 atom stereocenters. The van der Waals surface area contributed by atoms with Gasteiger partial charge in [-0.3, -0.25) is 9.59 Å². The molecule has 142 valence electrons. The molecule has 0 radical (unpaired) electrons. The molecule has 0 spiro atoms. The van der Waals surface area contributed by atoms with Crippen LogP contribution in [0, 0.1) is 0 Å². The van der Waals surface area contributed by atoms with Crippen molar-refractivity contribution < 1.29 is 19.1 Å². The van der Waals surface area contributed by atoms with Gasteiger partial charge >= 0.3 is 5.97 Å². The third-order valence-corrected chi connectivity index (χ3v) is 5.51. The number of esters is 1. The molecule has 0 aliphatic rings. The fraction of sp³-hybridized carbons (Fsp3) is 0.0952. The van der Waals surface area contributed by atoms with Gasteiger partial charge in [0.2, 0.25) is 0 Å². The lowest BCUT2D eigenvalue weighted by molar-refractivity contribution is -0.142. The van der Waals surface area contributed by atoms with Gasteiger partial charge in [0.15, 0.2) is 12.4 Å². The lowest BCUT2D eigenvalue weighted by Gasteiger charge is -2.08. The van der Waals surface area contributed by atoms with Gasteiger partial charge in [-0.05, 0) is 31.2 Å². The van der Waals surface area contributed by atoms with E-state index in [0.29, 0.717) is 16.3 Å². The highest BCUT2D eigenvalue weighted by Gasteiger charge is 2.11. The van der Waals surface area contributed by atoms with Crippen molar-refractivity contribution in [1.29, 1.82) is 0 Å². The number of halogens is 1. The Morgan fingerprint density at radius 1 is 1.11 bits per heavy atom. The molecule has 1 aromatic heterocycles. The SMILES string of the molecule is CC(=O)c1ccccc1NC(=O)COC(=O)/C=C/c1sc2ccccc2c1Cl. The molecule has 1 heterocycles. The average molecular weight is 414 g/mol. The molecule has 1 N–H and O–H groups in total. The monoisotopic (exact) mass is 413 g/mol. The number of benzene rings is 2. The second-order valence-electron chi connectivity index (χ2n) is 5.87. The van der Waals surface area contributed by atoms with E-state index < -0.39 is 18.5 Å². The number of nitrogens with one attached hydrogen (secondary N) is 1. The second-order valence-corrected chi connectivity index (χ2v) is 7.33. The maximum Gasteiger partial charge on any atom is 0.331 e. The zero-order valence-electron chi connectivity index (χ0n) is 14.9. The van der Waals surface area contributed by atoms with E-state index in [4.69, 9.17) is 16.3 Å². The van der Waals surface area contributed by atoms with Gasteiger partial charge in [0, 0.05) is 26.6 Å². The molecule has 1 amide bonds. The van der Waals surface area contributed by atoms with Crippen LogP contribution in [0.4, 0.5) is 5.69 Å². The van der Waals surface area contributed by atoms with Gasteiger partial charge in [-0.25, -0.2) is 4.79 Å². The molecule has 2 aromatic carbocycles. The number of amides is 1. The fourth-order valence-electron chi connectivity index (χ4n) is 2.55. The summed E-state index contributed by atoms with van der Waals surface area (Å²) in [4.78, 5) is 36.2. The van der Waals surface area contributed by atoms with Gasteiger partial charge < -0.3 is 10.1 Å². The van der Waals surface area contributed by atoms with Crippen LogP contribution >= 0.6 is 22.9 Å². The highest BCUT2D eigenvalue weighted by atomic mass is 35.5. The Kier molecular flexibility index (Phi) is 6.23. The van der Waals surface area contributed by atoms with Gasteiger partial charge in [-0.1, -0.05) is 41.9 Å². The number of fused-ring (bicyclic) bond motifs is 1. The number of rotatable bonds is 6. The van der Waals surface area contributed by atoms with E-state index in [0.717, 1.165) is 15.0 Å². The molecular weight excluding hydrogens is 398 g/mol. The first-order valence-corrected chi connectivity index (χ1v) is 9.57. The average Bonchev–Trinajstić information content (AvgIpc) is 3.01. The first-order chi connectivity index (χ1) is 13.5. The molecule has 7 heteroatoms. The zero-order valence-corrected chi connectivity index (χ0v) is 16.5. The van der Waals surface area contributed by atoms with Crippen molar-refractivity contribution in [3.63, 3.8) is 0 Å². The van der Waals surface area contributed by atoms with E-state index in [9.17, 15) is 14.4 Å². The van der Waals surface area contributed by atoms with Crippen molar-refractivity contribution in [1.82, 2.24) is 0 Å². The van der Waals surface area contributed by atoms with Crippen molar-refractivity contribution >= 4 is 62.4 Å². The van der Waals surface area contributed by atoms with Gasteiger partial charge in [-0.15, -0.1) is 11.3 Å². The summed E-state index contributed by atoms with van der Waals surface area (Å²) in [5, 5.41) is 4.06. The van der Waals surface area contributed by atoms with Crippen molar-refractivity contribution in [2.45, 2.75) is 6.92 Å². The van der Waals surface area contributed by atoms with Gasteiger partial charge in [0.25, 0.3) is 5.91 Å². The Labute approximate surface area is 170 Å². The third-order valence-electron chi connectivity index (χ3n) is 3.86. The summed E-state index contributed by atoms with van der Waals surface area (Å²) in [6.07, 6.45) is 2.80. The molecule has 0 saturated heterocycles. The van der Waals surface area contributed by atoms with E-state index in [2.05, 4.69) is 5.32 Å². The minimum Gasteiger partial charge on any atom is -0.452 e. The van der Waals surface area contributed by atoms with E-state index >= 15 is 0 Å². The summed E-state index contributed by atoms with van der Waals surface area (Å²) in [5.41, 5.74) is 0.769. The predicted octanol–water partition coefficient (Wildman–Crippen LogP) is 4.95. The smallest absolute Gasteiger partial charge is 0.331 e. The van der Waals surface area contributed by atoms with Crippen LogP contribution in [0.25, 0.3) is 16.2 Å². The minimum atomic E-state index is -0.663. The largest absolute Gasteiger partial charge is 0.452 e. The molecular formula is C21H16ClNO4S. The molecule has 0 aliphatic carbocycles. The number of anilines is 1. The lowest BCUT2D eigenvalue weighted by Crippen LogP contribution is -2.21. The first kappa shape index (κ1) is 19.8. The summed E-state index contributed by atoms with van der Waals surface area (Å²) >= 11 is 7.77. The number of Topliss-reactive ketones (excluding diaryl/α,β-unsaturated/α-hetero) is 1. The lowest BCUT2D eigenvalue weighted by atomic mass is 10.1. The van der Waals surface area contributed by atoms with E-state index in [1.165, 1.54) is 24.3 Å². The fourth-order valence-corrected chi connectivity index (χ4v) is 3.95. The Hall–Kier alpha value is -2.96. The van der Waals surface area contributed by atoms with Crippen LogP contribution in [0.5, 0.6) is 0 Å². The first-order valence-electron chi connectivity index (χ1n) is 8.37. The topological polar surface area (TPSA) is 72.5 Å². The van der Waals surface area contributed by atoms with Gasteiger partial charge in [0.05, 0.1) is 10.7 Å². The maximum absolute atomic E-state index is 12.0.